The summed E-state index contributed by atoms with van der Waals surface area (Å²) in [6, 6.07) is 3.62. The molecule has 26 heavy (non-hydrogen) atoms. The number of fused-ring (bicyclic) bond motifs is 1. The van der Waals surface area contributed by atoms with Crippen molar-refractivity contribution in [2.45, 2.75) is 26.9 Å². The van der Waals surface area contributed by atoms with Crippen LogP contribution in [0.15, 0.2) is 21.3 Å². The fourth-order valence-corrected chi connectivity index (χ4v) is 2.88. The van der Waals surface area contributed by atoms with Crippen molar-refractivity contribution in [1.29, 1.82) is 0 Å². The Hall–Kier alpha value is -2.38. The maximum atomic E-state index is 12.1. The highest BCUT2D eigenvalue weighted by atomic mass is 16.6. The molecule has 2 aromatic rings. The summed E-state index contributed by atoms with van der Waals surface area (Å²) in [6.45, 7) is 7.27. The monoisotopic (exact) mass is 361 g/mol. The molecule has 1 fully saturated rings. The van der Waals surface area contributed by atoms with Gasteiger partial charge in [0, 0.05) is 12.1 Å². The zero-order valence-electron chi connectivity index (χ0n) is 15.2. The molecule has 0 aliphatic carbocycles. The van der Waals surface area contributed by atoms with Crippen LogP contribution in [0.1, 0.15) is 16.7 Å². The molecule has 1 atom stereocenters. The Labute approximate surface area is 151 Å². The van der Waals surface area contributed by atoms with Crippen LogP contribution in [0.4, 0.5) is 0 Å². The van der Waals surface area contributed by atoms with Gasteiger partial charge in [0.25, 0.3) is 5.91 Å². The molecule has 1 aliphatic heterocycles. The summed E-state index contributed by atoms with van der Waals surface area (Å²) in [5.41, 5.74) is 2.30. The quantitative estimate of drug-likeness (QED) is 0.815. The van der Waals surface area contributed by atoms with Gasteiger partial charge in [-0.3, -0.25) is 4.79 Å². The number of carbonyl (C=O) groups excluding carboxylic acids is 1. The fourth-order valence-electron chi connectivity index (χ4n) is 2.88. The molecule has 3 rings (SSSR count). The minimum Gasteiger partial charge on any atom is -0.483 e. The molecule has 2 heterocycles. The van der Waals surface area contributed by atoms with Crippen LogP contribution in [0.2, 0.25) is 0 Å². The summed E-state index contributed by atoms with van der Waals surface area (Å²) in [5.74, 6) is 0.275. The summed E-state index contributed by atoms with van der Waals surface area (Å²) in [7, 11) is 0. The molecule has 7 nitrogen and oxygen atoms in total. The largest absolute Gasteiger partial charge is 0.483 e. The van der Waals surface area contributed by atoms with Crippen LogP contribution in [0.5, 0.6) is 5.75 Å². The van der Waals surface area contributed by atoms with Gasteiger partial charge >= 0.3 is 5.63 Å². The molecule has 0 radical (unpaired) electrons. The van der Waals surface area contributed by atoms with Gasteiger partial charge in [-0.2, -0.15) is 0 Å². The zero-order valence-corrected chi connectivity index (χ0v) is 15.2. The molecule has 7 heteroatoms. The van der Waals surface area contributed by atoms with Gasteiger partial charge in [-0.1, -0.05) is 0 Å². The Morgan fingerprint density at radius 3 is 2.77 bits per heavy atom. The first-order valence-electron chi connectivity index (χ1n) is 8.59. The van der Waals surface area contributed by atoms with E-state index in [1.54, 1.807) is 13.0 Å². The van der Waals surface area contributed by atoms with E-state index in [1.807, 2.05) is 19.9 Å². The van der Waals surface area contributed by atoms with E-state index < -0.39 is 0 Å². The molecule has 0 bridgehead atoms. The summed E-state index contributed by atoms with van der Waals surface area (Å²) in [6.07, 6.45) is -0.133. The second kappa shape index (κ2) is 7.88. The molecule has 1 N–H and O–H groups in total. The maximum absolute atomic E-state index is 12.1. The Kier molecular flexibility index (Phi) is 5.58. The van der Waals surface area contributed by atoms with E-state index in [4.69, 9.17) is 18.6 Å². The van der Waals surface area contributed by atoms with Crippen molar-refractivity contribution in [3.05, 3.63) is 39.2 Å². The highest BCUT2D eigenvalue weighted by Crippen LogP contribution is 2.30. The maximum Gasteiger partial charge on any atom is 0.339 e. The van der Waals surface area contributed by atoms with Crippen LogP contribution in [0, 0.1) is 20.8 Å². The predicted octanol–water partition coefficient (Wildman–Crippen LogP) is 1.63. The number of rotatable bonds is 5. The van der Waals surface area contributed by atoms with Crippen molar-refractivity contribution in [2.24, 2.45) is 0 Å². The molecule has 0 saturated carbocycles. The highest BCUT2D eigenvalue weighted by Gasteiger charge is 2.17. The van der Waals surface area contributed by atoms with Gasteiger partial charge in [-0.25, -0.2) is 4.79 Å². The van der Waals surface area contributed by atoms with Crippen molar-refractivity contribution < 1.29 is 23.4 Å². The molecule has 1 unspecified atom stereocenters. The Balaban J connectivity index is 1.71. The predicted molar refractivity (Wildman–Crippen MR) is 95.8 cm³/mol. The first-order chi connectivity index (χ1) is 12.5. The number of hydrogen-bond donors (Lipinski definition) is 1. The molecule has 140 valence electrons. The number of amides is 1. The van der Waals surface area contributed by atoms with Crippen LogP contribution in [-0.2, 0) is 14.3 Å². The van der Waals surface area contributed by atoms with Crippen LogP contribution in [-0.4, -0.2) is 45.0 Å². The van der Waals surface area contributed by atoms with Crippen molar-refractivity contribution in [2.75, 3.05) is 33.0 Å². The lowest BCUT2D eigenvalue weighted by Crippen LogP contribution is -2.41. The number of nitrogens with one attached hydrogen (secondary N) is 1. The van der Waals surface area contributed by atoms with Crippen LogP contribution in [0.25, 0.3) is 11.0 Å². The highest BCUT2D eigenvalue weighted by molar-refractivity contribution is 5.88. The smallest absolute Gasteiger partial charge is 0.339 e. The Morgan fingerprint density at radius 1 is 1.23 bits per heavy atom. The molecule has 1 aromatic heterocycles. The van der Waals surface area contributed by atoms with E-state index in [9.17, 15) is 9.59 Å². The second-order valence-corrected chi connectivity index (χ2v) is 6.44. The lowest BCUT2D eigenvalue weighted by Gasteiger charge is -2.23. The fraction of sp³-hybridized carbons (Fsp3) is 0.474. The molecular formula is C19H23NO6. The average Bonchev–Trinajstić information content (AvgIpc) is 2.63. The van der Waals surface area contributed by atoms with Crippen molar-refractivity contribution in [3.63, 3.8) is 0 Å². The lowest BCUT2D eigenvalue weighted by atomic mass is 10.0. The third kappa shape index (κ3) is 4.05. The van der Waals surface area contributed by atoms with Gasteiger partial charge in [0.05, 0.1) is 31.3 Å². The van der Waals surface area contributed by atoms with Crippen LogP contribution >= 0.6 is 0 Å². The van der Waals surface area contributed by atoms with Crippen molar-refractivity contribution in [3.8, 4) is 5.75 Å². The van der Waals surface area contributed by atoms with Gasteiger partial charge in [-0.05, 0) is 44.0 Å². The number of ether oxygens (including phenoxy) is 3. The minimum absolute atomic E-state index is 0.133. The van der Waals surface area contributed by atoms with E-state index in [2.05, 4.69) is 5.32 Å². The minimum atomic E-state index is -0.362. The van der Waals surface area contributed by atoms with E-state index in [0.717, 1.165) is 11.1 Å². The third-order valence-corrected chi connectivity index (χ3v) is 4.43. The second-order valence-electron chi connectivity index (χ2n) is 6.44. The molecule has 1 amide bonds. The summed E-state index contributed by atoms with van der Waals surface area (Å²) in [5, 5.41) is 3.49. The molecule has 0 spiro atoms. The summed E-state index contributed by atoms with van der Waals surface area (Å²) >= 11 is 0. The number of aryl methyl sites for hydroxylation is 2. The van der Waals surface area contributed by atoms with Crippen molar-refractivity contribution in [1.82, 2.24) is 5.32 Å². The van der Waals surface area contributed by atoms with Crippen molar-refractivity contribution >= 4 is 16.9 Å². The summed E-state index contributed by atoms with van der Waals surface area (Å²) < 4.78 is 21.9. The Bertz CT molecular complexity index is 866. The standard InChI is InChI=1S/C19H23NO6/c1-11-6-15(18-12(2)13(3)19(22)26-16(18)7-11)25-10-17(21)20-8-14-9-23-4-5-24-14/h6-7,14H,4-5,8-10H2,1-3H3,(H,20,21). The first-order valence-corrected chi connectivity index (χ1v) is 8.59. The average molecular weight is 361 g/mol. The van der Waals surface area contributed by atoms with Gasteiger partial charge < -0.3 is 23.9 Å². The third-order valence-electron chi connectivity index (χ3n) is 4.43. The normalized spacial score (nSPS) is 17.3. The Morgan fingerprint density at radius 2 is 2.04 bits per heavy atom. The van der Waals surface area contributed by atoms with E-state index in [-0.39, 0.29) is 24.2 Å². The van der Waals surface area contributed by atoms with Gasteiger partial charge in [0.2, 0.25) is 0 Å². The van der Waals surface area contributed by atoms with E-state index in [0.29, 0.717) is 48.6 Å². The SMILES string of the molecule is Cc1cc(OCC(=O)NCC2COCCO2)c2c(C)c(C)c(=O)oc2c1. The number of carbonyl (C=O) groups is 1. The molecule has 1 saturated heterocycles. The number of hydrogen-bond acceptors (Lipinski definition) is 6. The zero-order chi connectivity index (χ0) is 18.7. The van der Waals surface area contributed by atoms with Gasteiger partial charge in [0.15, 0.2) is 6.61 Å². The molecular weight excluding hydrogens is 338 g/mol. The lowest BCUT2D eigenvalue weighted by molar-refractivity contribution is -0.125. The van der Waals surface area contributed by atoms with E-state index in [1.165, 1.54) is 0 Å². The number of benzene rings is 1. The summed E-state index contributed by atoms with van der Waals surface area (Å²) in [4.78, 5) is 24.0. The van der Waals surface area contributed by atoms with Gasteiger partial charge in [-0.15, -0.1) is 0 Å². The van der Waals surface area contributed by atoms with Crippen LogP contribution < -0.4 is 15.7 Å². The first kappa shape index (κ1) is 18.4. The van der Waals surface area contributed by atoms with E-state index >= 15 is 0 Å². The van der Waals surface area contributed by atoms with Crippen LogP contribution in [0.3, 0.4) is 0 Å². The topological polar surface area (TPSA) is 87.0 Å². The van der Waals surface area contributed by atoms with Gasteiger partial charge in [0.1, 0.15) is 11.3 Å². The molecule has 1 aliphatic rings. The molecule has 1 aromatic carbocycles.